The highest BCUT2D eigenvalue weighted by Crippen LogP contribution is 2.36. The predicted molar refractivity (Wildman–Crippen MR) is 252 cm³/mol. The topological polar surface area (TPSA) is 219 Å². The Labute approximate surface area is 388 Å². The molecule has 4 atom stereocenters. The van der Waals surface area contributed by atoms with E-state index in [0.29, 0.717) is 52.3 Å². The van der Waals surface area contributed by atoms with Gasteiger partial charge in [-0.2, -0.15) is 0 Å². The maximum absolute atomic E-state index is 14.7. The highest BCUT2D eigenvalue weighted by Gasteiger charge is 2.45. The van der Waals surface area contributed by atoms with Crippen LogP contribution >= 0.6 is 11.3 Å². The van der Waals surface area contributed by atoms with Gasteiger partial charge in [0.25, 0.3) is 5.91 Å². The molecule has 2 aliphatic rings. The van der Waals surface area contributed by atoms with Crippen LogP contribution in [0.5, 0.6) is 11.5 Å². The summed E-state index contributed by atoms with van der Waals surface area (Å²) in [5, 5.41) is 17.4. The maximum Gasteiger partial charge on any atom is 0.408 e. The Bertz CT molecular complexity index is 2520. The number of Topliss-reactive ketones (excluding diaryl/α,β-unsaturated/α-hetero) is 1. The van der Waals surface area contributed by atoms with Gasteiger partial charge in [-0.05, 0) is 77.6 Å². The van der Waals surface area contributed by atoms with Gasteiger partial charge in [0.2, 0.25) is 23.5 Å². The quantitative estimate of drug-likeness (QED) is 0.0786. The molecule has 0 bridgehead atoms. The van der Waals surface area contributed by atoms with Gasteiger partial charge in [0.1, 0.15) is 41.0 Å². The number of likely N-dealkylation sites (tertiary alicyclic amines) is 1. The van der Waals surface area contributed by atoms with Crippen LogP contribution in [0.15, 0.2) is 53.9 Å². The van der Waals surface area contributed by atoms with Crippen LogP contribution in [0.1, 0.15) is 87.0 Å². The number of fused-ring (bicyclic) bond motifs is 2. The molecule has 0 radical (unpaired) electrons. The van der Waals surface area contributed by atoms with Crippen LogP contribution in [0.25, 0.3) is 22.3 Å². The van der Waals surface area contributed by atoms with Crippen LogP contribution in [0.4, 0.5) is 21.3 Å². The molecule has 0 spiro atoms. The molecule has 2 aromatic carbocycles. The summed E-state index contributed by atoms with van der Waals surface area (Å²) in [7, 11) is 1.56. The molecular formula is C48H58N8O9S. The van der Waals surface area contributed by atoms with Crippen LogP contribution in [0.2, 0.25) is 0 Å². The summed E-state index contributed by atoms with van der Waals surface area (Å²) < 4.78 is 17.8. The third-order valence-electron chi connectivity index (χ3n) is 10.6. The molecule has 5 amide bonds. The number of rotatable bonds is 11. The Morgan fingerprint density at radius 2 is 1.67 bits per heavy atom. The largest absolute Gasteiger partial charge is 0.497 e. The molecule has 18 heteroatoms. The minimum Gasteiger partial charge on any atom is -0.497 e. The zero-order valence-electron chi connectivity index (χ0n) is 38.5. The van der Waals surface area contributed by atoms with Crippen molar-refractivity contribution >= 4 is 74.3 Å². The summed E-state index contributed by atoms with van der Waals surface area (Å²) in [6.07, 6.45) is -0.353. The summed E-state index contributed by atoms with van der Waals surface area (Å²) in [5.74, 6) is 3.03. The van der Waals surface area contributed by atoms with Crippen molar-refractivity contribution in [2.24, 2.45) is 5.92 Å². The molecule has 17 nitrogen and oxygen atoms in total. The number of pyridine rings is 1. The first-order chi connectivity index (χ1) is 31.4. The van der Waals surface area contributed by atoms with Crippen molar-refractivity contribution in [1.82, 2.24) is 25.5 Å². The molecule has 0 saturated carbocycles. The third-order valence-corrected chi connectivity index (χ3v) is 11.4. The predicted octanol–water partition coefficient (Wildman–Crippen LogP) is 6.68. The first-order valence-electron chi connectivity index (χ1n) is 22.1. The number of methoxy groups -OCH3 is 1. The lowest BCUT2D eigenvalue weighted by Gasteiger charge is -2.31. The Hall–Kier alpha value is -6.74. The highest BCUT2D eigenvalue weighted by atomic mass is 32.1. The molecule has 66 heavy (non-hydrogen) atoms. The number of alkyl carbamates (subject to hydrolysis) is 1. The lowest BCUT2D eigenvalue weighted by atomic mass is 10.0. The van der Waals surface area contributed by atoms with Gasteiger partial charge in [0.05, 0.1) is 42.3 Å². The molecule has 2 aliphatic heterocycles. The number of ether oxygens (including phenoxy) is 3. The number of hydrogen-bond donors (Lipinski definition) is 5. The number of carbonyl (C=O) groups is 6. The van der Waals surface area contributed by atoms with Crippen molar-refractivity contribution in [3.8, 4) is 34.7 Å². The number of benzene rings is 2. The normalized spacial score (nSPS) is 18.7. The number of para-hydroxylation sites is 2. The fourth-order valence-electron chi connectivity index (χ4n) is 7.44. The lowest BCUT2D eigenvalue weighted by Crippen LogP contribution is -2.57. The molecule has 1 fully saturated rings. The van der Waals surface area contributed by atoms with E-state index in [1.54, 1.807) is 84.2 Å². The zero-order chi connectivity index (χ0) is 47.7. The van der Waals surface area contributed by atoms with Crippen molar-refractivity contribution in [2.75, 3.05) is 29.6 Å². The summed E-state index contributed by atoms with van der Waals surface area (Å²) in [5.41, 5.74) is 1.35. The van der Waals surface area contributed by atoms with Gasteiger partial charge in [0, 0.05) is 54.6 Å². The van der Waals surface area contributed by atoms with Crippen molar-refractivity contribution in [1.29, 1.82) is 0 Å². The summed E-state index contributed by atoms with van der Waals surface area (Å²) in [6, 6.07) is 10.1. The van der Waals surface area contributed by atoms with Gasteiger partial charge >= 0.3 is 6.09 Å². The average Bonchev–Trinajstić information content (AvgIpc) is 3.91. The maximum atomic E-state index is 14.7. The Morgan fingerprint density at radius 3 is 2.36 bits per heavy atom. The lowest BCUT2D eigenvalue weighted by molar-refractivity contribution is -0.142. The van der Waals surface area contributed by atoms with Gasteiger partial charge in [0.15, 0.2) is 5.13 Å². The fraction of sp³-hybridized carbons (Fsp3) is 0.458. The Balaban J connectivity index is 1.33. The van der Waals surface area contributed by atoms with E-state index in [4.69, 9.17) is 24.2 Å². The fourth-order valence-corrected chi connectivity index (χ4v) is 8.29. The first-order valence-corrected chi connectivity index (χ1v) is 22.9. The smallest absolute Gasteiger partial charge is 0.408 e. The molecule has 0 aliphatic carbocycles. The molecule has 4 heterocycles. The number of anilines is 3. The van der Waals surface area contributed by atoms with E-state index in [2.05, 4.69) is 38.4 Å². The molecule has 4 aromatic rings. The molecule has 6 rings (SSSR count). The van der Waals surface area contributed by atoms with Crippen molar-refractivity contribution in [3.05, 3.63) is 53.9 Å². The van der Waals surface area contributed by atoms with E-state index in [1.807, 2.05) is 25.3 Å². The Morgan fingerprint density at radius 1 is 0.939 bits per heavy atom. The third kappa shape index (κ3) is 12.7. The van der Waals surface area contributed by atoms with Crippen LogP contribution in [-0.2, 0) is 28.7 Å². The SMILES string of the molecule is COc1ccc2c(O[C@H]3C[C@@H](C(=O)N[C@@H]4CCC#CCCCC(=O)Nc5ccccc5NC(=O)C4=O)N(C(=O)[C@H](NC(=O)OC(C)(C)C)C(C)C)C3)cc(-c3csc(NC(C)C)n3)nc2c1. The van der Waals surface area contributed by atoms with Gasteiger partial charge in [-0.25, -0.2) is 14.8 Å². The highest BCUT2D eigenvalue weighted by molar-refractivity contribution is 7.14. The van der Waals surface area contributed by atoms with E-state index in [0.717, 1.165) is 5.13 Å². The minimum atomic E-state index is -1.34. The van der Waals surface area contributed by atoms with Crippen molar-refractivity contribution in [3.63, 3.8) is 0 Å². The molecule has 350 valence electrons. The summed E-state index contributed by atoms with van der Waals surface area (Å²) in [4.78, 5) is 93.7. The van der Waals surface area contributed by atoms with E-state index in [9.17, 15) is 28.8 Å². The second kappa shape index (κ2) is 21.5. The average molecular weight is 923 g/mol. The van der Waals surface area contributed by atoms with Gasteiger partial charge in [-0.3, -0.25) is 24.0 Å². The standard InChI is InChI=1S/C48H58N8O9S/c1-27(2)41(55-47(62)65-48(5,6)7)45(61)56-25-30(64-39-24-36(37-26-66-46(54-37)49-28(3)4)50-35-22-29(63-8)20-21-31(35)39)23-38(56)43(59)53-34-18-12-10-9-11-13-19-40(57)51-32-16-14-15-17-33(32)52-44(60)42(34)58/h14-17,20-22,24,26-28,30,34,38,41H,11-13,18-19,23,25H2,1-8H3,(H,49,54)(H,51,57)(H,52,60)(H,53,59)(H,55,62)/t30-,34+,38-,41+/m0/s1. The monoisotopic (exact) mass is 922 g/mol. The van der Waals surface area contributed by atoms with Crippen molar-refractivity contribution < 1.29 is 43.0 Å². The van der Waals surface area contributed by atoms with Crippen LogP contribution in [0, 0.1) is 17.8 Å². The molecule has 5 N–H and O–H groups in total. The van der Waals surface area contributed by atoms with E-state index >= 15 is 0 Å². The van der Waals surface area contributed by atoms with Crippen LogP contribution in [-0.4, -0.2) is 99.9 Å². The van der Waals surface area contributed by atoms with Gasteiger partial charge in [-0.15, -0.1) is 23.2 Å². The van der Waals surface area contributed by atoms with Crippen LogP contribution < -0.4 is 36.1 Å². The van der Waals surface area contributed by atoms with Crippen molar-refractivity contribution in [2.45, 2.75) is 123 Å². The number of nitrogens with zero attached hydrogens (tertiary/aromatic N) is 3. The Kier molecular flexibility index (Phi) is 15.9. The van der Waals surface area contributed by atoms with Gasteiger partial charge in [-0.1, -0.05) is 26.0 Å². The number of ketones is 1. The van der Waals surface area contributed by atoms with E-state index < -0.39 is 65.3 Å². The van der Waals surface area contributed by atoms with Crippen LogP contribution in [0.3, 0.4) is 0 Å². The second-order valence-corrected chi connectivity index (χ2v) is 18.7. The van der Waals surface area contributed by atoms with E-state index in [-0.39, 0.29) is 49.9 Å². The number of nitrogens with one attached hydrogen (secondary N) is 5. The summed E-state index contributed by atoms with van der Waals surface area (Å²) in [6.45, 7) is 12.6. The molecule has 2 aromatic heterocycles. The number of aromatic nitrogens is 2. The van der Waals surface area contributed by atoms with Gasteiger partial charge < -0.3 is 45.7 Å². The summed E-state index contributed by atoms with van der Waals surface area (Å²) >= 11 is 1.44. The molecule has 0 unspecified atom stereocenters. The molecule has 1 saturated heterocycles. The number of thiazole rings is 1. The number of amides is 5. The minimum absolute atomic E-state index is 0.0144. The number of hydrogen-bond acceptors (Lipinski definition) is 13. The first kappa shape index (κ1) is 48.7. The second-order valence-electron chi connectivity index (χ2n) is 17.8. The zero-order valence-corrected chi connectivity index (χ0v) is 39.4. The van der Waals surface area contributed by atoms with E-state index in [1.165, 1.54) is 16.2 Å². The number of carbonyl (C=O) groups excluding carboxylic acids is 6. The molecular weight excluding hydrogens is 865 g/mol.